The van der Waals surface area contributed by atoms with Crippen LogP contribution in [0.3, 0.4) is 0 Å². The summed E-state index contributed by atoms with van der Waals surface area (Å²) in [4.78, 5) is 23.2. The highest BCUT2D eigenvalue weighted by atomic mass is 16.6. The summed E-state index contributed by atoms with van der Waals surface area (Å²) in [5.74, 6) is 3.08. The molecule has 1 rings (SSSR count). The molecule has 0 saturated heterocycles. The van der Waals surface area contributed by atoms with Crippen LogP contribution in [0.4, 0.5) is 4.79 Å². The van der Waals surface area contributed by atoms with E-state index in [1.54, 1.807) is 20.8 Å². The molecule has 0 unspecified atom stereocenters. The van der Waals surface area contributed by atoms with Gasteiger partial charge in [-0.05, 0) is 46.5 Å². The highest BCUT2D eigenvalue weighted by Crippen LogP contribution is 2.23. The van der Waals surface area contributed by atoms with Crippen molar-refractivity contribution in [2.45, 2.75) is 64.5 Å². The fourth-order valence-corrected chi connectivity index (χ4v) is 2.30. The Bertz CT molecular complexity index is 399. The van der Waals surface area contributed by atoms with E-state index in [0.29, 0.717) is 5.92 Å². The monoisotopic (exact) mass is 294 g/mol. The minimum absolute atomic E-state index is 0.0461. The van der Waals surface area contributed by atoms with Crippen molar-refractivity contribution in [2.24, 2.45) is 5.92 Å². The zero-order chi connectivity index (χ0) is 15.9. The van der Waals surface area contributed by atoms with E-state index in [-0.39, 0.29) is 24.9 Å². The number of ether oxygens (including phenoxy) is 1. The van der Waals surface area contributed by atoms with Gasteiger partial charge in [0.25, 0.3) is 0 Å². The number of nitrogens with one attached hydrogen (secondary N) is 2. The van der Waals surface area contributed by atoms with Gasteiger partial charge in [0, 0.05) is 24.9 Å². The van der Waals surface area contributed by atoms with Crippen molar-refractivity contribution in [2.75, 3.05) is 6.54 Å². The second-order valence-corrected chi connectivity index (χ2v) is 6.46. The van der Waals surface area contributed by atoms with Gasteiger partial charge >= 0.3 is 6.09 Å². The standard InChI is InChI=1S/C16H26N2O3/c1-5-12-6-8-13(9-7-12)18-14(19)10-11-17-15(20)21-16(2,3)4/h1,12-13H,6-11H2,2-4H3,(H,17,20)(H,18,19). The normalized spacial score (nSPS) is 22.0. The van der Waals surface area contributed by atoms with Crippen LogP contribution in [0.15, 0.2) is 0 Å². The summed E-state index contributed by atoms with van der Waals surface area (Å²) in [6, 6.07) is 0.212. The number of hydrogen-bond acceptors (Lipinski definition) is 3. The quantitative estimate of drug-likeness (QED) is 0.781. The Balaban J connectivity index is 2.15. The second-order valence-electron chi connectivity index (χ2n) is 6.46. The average Bonchev–Trinajstić information content (AvgIpc) is 2.37. The molecule has 2 amide bonds. The van der Waals surface area contributed by atoms with Crippen molar-refractivity contribution in [3.63, 3.8) is 0 Å². The van der Waals surface area contributed by atoms with E-state index < -0.39 is 11.7 Å². The highest BCUT2D eigenvalue weighted by Gasteiger charge is 2.21. The van der Waals surface area contributed by atoms with Gasteiger partial charge in [0.05, 0.1) is 0 Å². The average molecular weight is 294 g/mol. The zero-order valence-corrected chi connectivity index (χ0v) is 13.2. The smallest absolute Gasteiger partial charge is 0.407 e. The Morgan fingerprint density at radius 2 is 1.86 bits per heavy atom. The molecule has 118 valence electrons. The number of carbonyl (C=O) groups is 2. The summed E-state index contributed by atoms with van der Waals surface area (Å²) in [5.41, 5.74) is -0.526. The predicted molar refractivity (Wildman–Crippen MR) is 81.6 cm³/mol. The Hall–Kier alpha value is -1.70. The summed E-state index contributed by atoms with van der Waals surface area (Å²) in [6.07, 6.45) is 8.96. The first-order chi connectivity index (χ1) is 9.80. The van der Waals surface area contributed by atoms with Crippen LogP contribution in [0.25, 0.3) is 0 Å². The van der Waals surface area contributed by atoms with Crippen molar-refractivity contribution < 1.29 is 14.3 Å². The second kappa shape index (κ2) is 7.92. The van der Waals surface area contributed by atoms with E-state index in [0.717, 1.165) is 25.7 Å². The number of carbonyl (C=O) groups excluding carboxylic acids is 2. The molecule has 5 heteroatoms. The van der Waals surface area contributed by atoms with E-state index in [1.165, 1.54) is 0 Å². The van der Waals surface area contributed by atoms with Crippen LogP contribution in [0.1, 0.15) is 52.9 Å². The molecule has 0 aliphatic heterocycles. The van der Waals surface area contributed by atoms with Crippen LogP contribution >= 0.6 is 0 Å². The van der Waals surface area contributed by atoms with Gasteiger partial charge in [0.15, 0.2) is 0 Å². The molecule has 5 nitrogen and oxygen atoms in total. The van der Waals surface area contributed by atoms with Crippen LogP contribution in [0.2, 0.25) is 0 Å². The Morgan fingerprint density at radius 1 is 1.24 bits per heavy atom. The van der Waals surface area contributed by atoms with Gasteiger partial charge in [-0.25, -0.2) is 4.79 Å². The lowest BCUT2D eigenvalue weighted by Gasteiger charge is -2.26. The predicted octanol–water partition coefficient (Wildman–Crippen LogP) is 2.21. The Kier molecular flexibility index (Phi) is 6.54. The number of rotatable bonds is 4. The molecule has 0 aromatic carbocycles. The molecule has 1 aliphatic carbocycles. The van der Waals surface area contributed by atoms with E-state index in [1.807, 2.05) is 0 Å². The summed E-state index contributed by atoms with van der Waals surface area (Å²) in [7, 11) is 0. The first-order valence-corrected chi connectivity index (χ1v) is 7.52. The molecule has 0 bridgehead atoms. The molecule has 1 fully saturated rings. The Morgan fingerprint density at radius 3 is 2.38 bits per heavy atom. The fraction of sp³-hybridized carbons (Fsp3) is 0.750. The van der Waals surface area contributed by atoms with Crippen molar-refractivity contribution in [3.8, 4) is 12.3 Å². The third kappa shape index (κ3) is 7.60. The lowest BCUT2D eigenvalue weighted by Crippen LogP contribution is -2.39. The summed E-state index contributed by atoms with van der Waals surface area (Å²) < 4.78 is 5.09. The maximum absolute atomic E-state index is 11.8. The number of amides is 2. The molecule has 0 radical (unpaired) electrons. The fourth-order valence-electron chi connectivity index (χ4n) is 2.30. The molecule has 1 saturated carbocycles. The van der Waals surface area contributed by atoms with E-state index >= 15 is 0 Å². The third-order valence-corrected chi connectivity index (χ3v) is 3.35. The van der Waals surface area contributed by atoms with Crippen LogP contribution in [-0.2, 0) is 9.53 Å². The minimum Gasteiger partial charge on any atom is -0.444 e. The summed E-state index contributed by atoms with van der Waals surface area (Å²) in [5, 5.41) is 5.56. The van der Waals surface area contributed by atoms with E-state index in [9.17, 15) is 9.59 Å². The molecule has 0 aromatic rings. The topological polar surface area (TPSA) is 67.4 Å². The van der Waals surface area contributed by atoms with Crippen molar-refractivity contribution in [3.05, 3.63) is 0 Å². The Labute approximate surface area is 127 Å². The summed E-state index contributed by atoms with van der Waals surface area (Å²) in [6.45, 7) is 5.67. The first kappa shape index (κ1) is 17.4. The van der Waals surface area contributed by atoms with Crippen molar-refractivity contribution >= 4 is 12.0 Å². The van der Waals surface area contributed by atoms with Gasteiger partial charge in [-0.1, -0.05) is 0 Å². The number of terminal acetylenes is 1. The van der Waals surface area contributed by atoms with Crippen LogP contribution in [-0.4, -0.2) is 30.2 Å². The summed E-state index contributed by atoms with van der Waals surface area (Å²) >= 11 is 0. The molecule has 0 heterocycles. The molecule has 0 aromatic heterocycles. The minimum atomic E-state index is -0.526. The first-order valence-electron chi connectivity index (χ1n) is 7.52. The number of hydrogen-bond donors (Lipinski definition) is 2. The maximum Gasteiger partial charge on any atom is 0.407 e. The van der Waals surface area contributed by atoms with Gasteiger partial charge in [0.2, 0.25) is 5.91 Å². The van der Waals surface area contributed by atoms with Crippen molar-refractivity contribution in [1.29, 1.82) is 0 Å². The van der Waals surface area contributed by atoms with Gasteiger partial charge in [-0.2, -0.15) is 0 Å². The molecule has 0 spiro atoms. The zero-order valence-electron chi connectivity index (χ0n) is 13.2. The highest BCUT2D eigenvalue weighted by molar-refractivity contribution is 5.77. The lowest BCUT2D eigenvalue weighted by atomic mass is 9.86. The van der Waals surface area contributed by atoms with Crippen LogP contribution in [0, 0.1) is 18.3 Å². The third-order valence-electron chi connectivity index (χ3n) is 3.35. The van der Waals surface area contributed by atoms with Gasteiger partial charge in [0.1, 0.15) is 5.60 Å². The maximum atomic E-state index is 11.8. The van der Waals surface area contributed by atoms with E-state index in [4.69, 9.17) is 11.2 Å². The van der Waals surface area contributed by atoms with Crippen LogP contribution < -0.4 is 10.6 Å². The van der Waals surface area contributed by atoms with Gasteiger partial charge in [-0.15, -0.1) is 12.3 Å². The molecular formula is C16H26N2O3. The van der Waals surface area contributed by atoms with E-state index in [2.05, 4.69) is 16.6 Å². The lowest BCUT2D eigenvalue weighted by molar-refractivity contribution is -0.121. The van der Waals surface area contributed by atoms with Crippen molar-refractivity contribution in [1.82, 2.24) is 10.6 Å². The largest absolute Gasteiger partial charge is 0.444 e. The molecule has 0 atom stereocenters. The number of alkyl carbamates (subject to hydrolysis) is 1. The molecular weight excluding hydrogens is 268 g/mol. The molecule has 2 N–H and O–H groups in total. The van der Waals surface area contributed by atoms with Gasteiger partial charge in [-0.3, -0.25) is 4.79 Å². The SMILES string of the molecule is C#CC1CCC(NC(=O)CCNC(=O)OC(C)(C)C)CC1. The van der Waals surface area contributed by atoms with Crippen LogP contribution in [0.5, 0.6) is 0 Å². The molecule has 1 aliphatic rings. The van der Waals surface area contributed by atoms with Gasteiger partial charge < -0.3 is 15.4 Å². The molecule has 21 heavy (non-hydrogen) atoms.